The maximum atomic E-state index is 11.0. The van der Waals surface area contributed by atoms with Crippen LogP contribution in [0.1, 0.15) is 18.9 Å². The summed E-state index contributed by atoms with van der Waals surface area (Å²) in [6, 6.07) is 7.44. The summed E-state index contributed by atoms with van der Waals surface area (Å²) in [5, 5.41) is 11.0. The average molecular weight is 254 g/mol. The van der Waals surface area contributed by atoms with Gasteiger partial charge in [0.15, 0.2) is 5.60 Å². The van der Waals surface area contributed by atoms with E-state index < -0.39 is 5.60 Å². The van der Waals surface area contributed by atoms with Gasteiger partial charge in [0.05, 0.1) is 7.11 Å². The van der Waals surface area contributed by atoms with E-state index >= 15 is 0 Å². The zero-order valence-corrected chi connectivity index (χ0v) is 11.3. The number of allylic oxidation sites excluding steroid dienone is 3. The Kier molecular flexibility index (Phi) is 4.09. The maximum Gasteiger partial charge on any atom is 0.157 e. The van der Waals surface area contributed by atoms with Crippen molar-refractivity contribution >= 4 is 0 Å². The van der Waals surface area contributed by atoms with Crippen LogP contribution < -0.4 is 4.74 Å². The van der Waals surface area contributed by atoms with Gasteiger partial charge in [-0.3, -0.25) is 0 Å². The highest BCUT2D eigenvalue weighted by atomic mass is 16.5. The van der Waals surface area contributed by atoms with E-state index in [4.69, 9.17) is 4.74 Å². The van der Waals surface area contributed by atoms with Gasteiger partial charge in [-0.25, -0.2) is 0 Å². The average Bonchev–Trinajstić information content (AvgIpc) is 2.48. The van der Waals surface area contributed by atoms with Crippen molar-refractivity contribution in [1.82, 2.24) is 0 Å². The first kappa shape index (κ1) is 13.5. The van der Waals surface area contributed by atoms with Gasteiger partial charge in [-0.1, -0.05) is 42.4 Å². The van der Waals surface area contributed by atoms with E-state index in [0.29, 0.717) is 0 Å². The highest BCUT2D eigenvalue weighted by molar-refractivity contribution is 5.39. The molecule has 1 aromatic rings. The number of aliphatic hydroxyl groups is 1. The molecule has 0 bridgehead atoms. The van der Waals surface area contributed by atoms with Crippen LogP contribution in [0.25, 0.3) is 0 Å². The minimum atomic E-state index is -1.15. The number of hydrogen-bond acceptors (Lipinski definition) is 2. The molecule has 0 amide bonds. The lowest BCUT2D eigenvalue weighted by Gasteiger charge is -2.31. The molecule has 0 saturated heterocycles. The quantitative estimate of drug-likeness (QED) is 0.840. The summed E-state index contributed by atoms with van der Waals surface area (Å²) >= 11 is 0. The van der Waals surface area contributed by atoms with Crippen molar-refractivity contribution in [2.45, 2.75) is 18.9 Å². The number of methoxy groups -OCH3 is 1. The second-order valence-corrected chi connectivity index (χ2v) is 4.53. The molecule has 2 nitrogen and oxygen atoms in total. The van der Waals surface area contributed by atoms with Crippen LogP contribution in [0.15, 0.2) is 48.6 Å². The highest BCUT2D eigenvalue weighted by Gasteiger charge is 2.35. The van der Waals surface area contributed by atoms with Gasteiger partial charge in [0.2, 0.25) is 0 Å². The molecular weight excluding hydrogens is 236 g/mol. The van der Waals surface area contributed by atoms with E-state index in [-0.39, 0.29) is 5.92 Å². The van der Waals surface area contributed by atoms with Crippen molar-refractivity contribution < 1.29 is 9.84 Å². The molecule has 2 unspecified atom stereocenters. The minimum Gasteiger partial charge on any atom is -0.497 e. The van der Waals surface area contributed by atoms with Crippen LogP contribution in [0.5, 0.6) is 5.75 Å². The van der Waals surface area contributed by atoms with Crippen molar-refractivity contribution in [2.24, 2.45) is 5.92 Å². The van der Waals surface area contributed by atoms with Gasteiger partial charge < -0.3 is 9.84 Å². The lowest BCUT2D eigenvalue weighted by molar-refractivity contribution is 0.0554. The summed E-state index contributed by atoms with van der Waals surface area (Å²) < 4.78 is 5.14. The number of benzene rings is 1. The Balaban J connectivity index is 2.39. The van der Waals surface area contributed by atoms with Gasteiger partial charge in [0, 0.05) is 5.92 Å². The molecule has 0 fully saturated rings. The largest absolute Gasteiger partial charge is 0.497 e. The normalized spacial score (nSPS) is 20.3. The van der Waals surface area contributed by atoms with Gasteiger partial charge in [-0.05, 0) is 31.0 Å². The van der Waals surface area contributed by atoms with Crippen molar-refractivity contribution in [3.63, 3.8) is 0 Å². The van der Waals surface area contributed by atoms with Crippen LogP contribution in [0.4, 0.5) is 0 Å². The van der Waals surface area contributed by atoms with Gasteiger partial charge >= 0.3 is 0 Å². The summed E-state index contributed by atoms with van der Waals surface area (Å²) in [5.41, 5.74) is -0.352. The van der Waals surface area contributed by atoms with Crippen LogP contribution in [-0.2, 0) is 5.60 Å². The van der Waals surface area contributed by atoms with E-state index in [2.05, 4.69) is 17.9 Å². The SMILES string of the molecule is CC#CC(O)(c1ccc(OC)cc1)C1C=CC=CC1. The molecule has 0 saturated carbocycles. The van der Waals surface area contributed by atoms with Crippen LogP contribution in [0.2, 0.25) is 0 Å². The summed E-state index contributed by atoms with van der Waals surface area (Å²) in [5.74, 6) is 6.55. The fraction of sp³-hybridized carbons (Fsp3) is 0.294. The number of rotatable bonds is 3. The molecule has 0 radical (unpaired) electrons. The molecule has 2 rings (SSSR count). The van der Waals surface area contributed by atoms with Crippen LogP contribution in [-0.4, -0.2) is 12.2 Å². The van der Waals surface area contributed by atoms with Crippen LogP contribution >= 0.6 is 0 Å². The molecule has 19 heavy (non-hydrogen) atoms. The molecule has 0 aromatic heterocycles. The lowest BCUT2D eigenvalue weighted by atomic mass is 9.78. The molecule has 2 heteroatoms. The topological polar surface area (TPSA) is 29.5 Å². The maximum absolute atomic E-state index is 11.0. The molecule has 1 aliphatic rings. The molecule has 98 valence electrons. The molecule has 1 aromatic carbocycles. The molecule has 0 spiro atoms. The third-order valence-corrected chi connectivity index (χ3v) is 3.36. The van der Waals surface area contributed by atoms with Crippen molar-refractivity contribution in [1.29, 1.82) is 0 Å². The predicted molar refractivity (Wildman–Crippen MR) is 76.7 cm³/mol. The third-order valence-electron chi connectivity index (χ3n) is 3.36. The van der Waals surface area contributed by atoms with E-state index in [9.17, 15) is 5.11 Å². The van der Waals surface area contributed by atoms with E-state index in [0.717, 1.165) is 17.7 Å². The second kappa shape index (κ2) is 5.77. The summed E-state index contributed by atoms with van der Waals surface area (Å²) in [6.07, 6.45) is 8.79. The minimum absolute atomic E-state index is 0.0293. The van der Waals surface area contributed by atoms with E-state index in [1.807, 2.05) is 42.5 Å². The van der Waals surface area contributed by atoms with Crippen molar-refractivity contribution in [3.8, 4) is 17.6 Å². The zero-order valence-electron chi connectivity index (χ0n) is 11.3. The summed E-state index contributed by atoms with van der Waals surface area (Å²) in [7, 11) is 1.63. The Hall–Kier alpha value is -1.98. The highest BCUT2D eigenvalue weighted by Crippen LogP contribution is 2.35. The van der Waals surface area contributed by atoms with Gasteiger partial charge in [-0.15, -0.1) is 5.92 Å². The molecule has 0 heterocycles. The number of hydrogen-bond donors (Lipinski definition) is 1. The Morgan fingerprint density at radius 3 is 2.53 bits per heavy atom. The predicted octanol–water partition coefficient (Wildman–Crippen LogP) is 3.04. The standard InChI is InChI=1S/C17H18O2/c1-3-13-17(18,14-7-5-4-6-8-14)15-9-11-16(19-2)12-10-15/h4-7,9-12,14,18H,8H2,1-2H3. The molecule has 0 aliphatic heterocycles. The van der Waals surface area contributed by atoms with E-state index in [1.165, 1.54) is 0 Å². The van der Waals surface area contributed by atoms with Gasteiger partial charge in [0.1, 0.15) is 5.75 Å². The molecule has 2 atom stereocenters. The summed E-state index contributed by atoms with van der Waals surface area (Å²) in [6.45, 7) is 1.75. The van der Waals surface area contributed by atoms with Gasteiger partial charge in [-0.2, -0.15) is 0 Å². The molecular formula is C17H18O2. The van der Waals surface area contributed by atoms with Crippen molar-refractivity contribution in [2.75, 3.05) is 7.11 Å². The summed E-state index contributed by atoms with van der Waals surface area (Å²) in [4.78, 5) is 0. The Morgan fingerprint density at radius 1 is 1.26 bits per heavy atom. The van der Waals surface area contributed by atoms with Crippen LogP contribution in [0.3, 0.4) is 0 Å². The Labute approximate surface area is 114 Å². The first-order valence-corrected chi connectivity index (χ1v) is 6.35. The van der Waals surface area contributed by atoms with Gasteiger partial charge in [0.25, 0.3) is 0 Å². The first-order chi connectivity index (χ1) is 9.20. The smallest absolute Gasteiger partial charge is 0.157 e. The molecule has 1 aliphatic carbocycles. The third kappa shape index (κ3) is 2.72. The molecule has 1 N–H and O–H groups in total. The lowest BCUT2D eigenvalue weighted by Crippen LogP contribution is -2.33. The van der Waals surface area contributed by atoms with E-state index in [1.54, 1.807) is 14.0 Å². The van der Waals surface area contributed by atoms with Crippen molar-refractivity contribution in [3.05, 3.63) is 54.1 Å². The fourth-order valence-corrected chi connectivity index (χ4v) is 2.31. The monoisotopic (exact) mass is 254 g/mol. The Morgan fingerprint density at radius 2 is 2.00 bits per heavy atom. The fourth-order valence-electron chi connectivity index (χ4n) is 2.31. The second-order valence-electron chi connectivity index (χ2n) is 4.53. The Bertz CT molecular complexity index is 543. The first-order valence-electron chi connectivity index (χ1n) is 6.35. The zero-order chi connectivity index (χ0) is 13.7. The van der Waals surface area contributed by atoms with Crippen LogP contribution in [0, 0.1) is 17.8 Å². The number of ether oxygens (including phenoxy) is 1.